The first-order valence-electron chi connectivity index (χ1n) is 5.11. The van der Waals surface area contributed by atoms with E-state index in [2.05, 4.69) is 57.2 Å². The molecule has 0 spiro atoms. The van der Waals surface area contributed by atoms with Crippen molar-refractivity contribution in [1.82, 2.24) is 0 Å². The van der Waals surface area contributed by atoms with Crippen LogP contribution in [0.15, 0.2) is 30.3 Å². The molecule has 1 unspecified atom stereocenters. The fraction of sp³-hybridized carbons (Fsp3) is 0.385. The average molecular weight is 200 g/mol. The molecule has 1 aromatic rings. The summed E-state index contributed by atoms with van der Waals surface area (Å²) in [6.07, 6.45) is 4.62. The Morgan fingerprint density at radius 3 is 2.57 bits per heavy atom. The second kappa shape index (κ2) is 3.39. The first kappa shape index (κ1) is 9.72. The van der Waals surface area contributed by atoms with Gasteiger partial charge in [0.05, 0.1) is 9.52 Å². The minimum Gasteiger partial charge on any atom is -0.0796 e. The summed E-state index contributed by atoms with van der Waals surface area (Å²) in [5.74, 6) is 0. The van der Waals surface area contributed by atoms with Crippen LogP contribution in [0.2, 0.25) is 5.04 Å². The molecule has 1 aliphatic rings. The van der Waals surface area contributed by atoms with Crippen LogP contribution in [-0.2, 0) is 0 Å². The van der Waals surface area contributed by atoms with Gasteiger partial charge < -0.3 is 0 Å². The highest BCUT2D eigenvalue weighted by molar-refractivity contribution is 6.43. The molecule has 1 heteroatoms. The van der Waals surface area contributed by atoms with Crippen LogP contribution in [0.4, 0.5) is 0 Å². The highest BCUT2D eigenvalue weighted by Crippen LogP contribution is 2.35. The molecule has 1 aliphatic carbocycles. The summed E-state index contributed by atoms with van der Waals surface area (Å²) < 4.78 is 0. The standard InChI is InChI=1S/C13H16Si/c1-13(2,3)14-12-9-8-10-6-4-5-7-11(10)12/h4-9,12H,1-3H3. The molecule has 0 nitrogen and oxygen atoms in total. The lowest BCUT2D eigenvalue weighted by Gasteiger charge is -2.21. The van der Waals surface area contributed by atoms with Gasteiger partial charge in [0.25, 0.3) is 0 Å². The number of hydrogen-bond donors (Lipinski definition) is 0. The molecule has 1 aromatic carbocycles. The molecule has 72 valence electrons. The Kier molecular flexibility index (Phi) is 2.36. The van der Waals surface area contributed by atoms with Gasteiger partial charge in [-0.1, -0.05) is 57.2 Å². The van der Waals surface area contributed by atoms with Crippen molar-refractivity contribution in [3.05, 3.63) is 41.5 Å². The van der Waals surface area contributed by atoms with Crippen LogP contribution >= 0.6 is 0 Å². The van der Waals surface area contributed by atoms with Crippen LogP contribution in [0.1, 0.15) is 37.4 Å². The van der Waals surface area contributed by atoms with Crippen LogP contribution in [0.25, 0.3) is 6.08 Å². The lowest BCUT2D eigenvalue weighted by Crippen LogP contribution is -2.15. The highest BCUT2D eigenvalue weighted by Gasteiger charge is 2.23. The van der Waals surface area contributed by atoms with Gasteiger partial charge in [-0.2, -0.15) is 0 Å². The second-order valence-corrected chi connectivity index (χ2v) is 7.27. The Bertz CT molecular complexity index is 358. The quantitative estimate of drug-likeness (QED) is 0.607. The number of hydrogen-bond acceptors (Lipinski definition) is 0. The summed E-state index contributed by atoms with van der Waals surface area (Å²) in [5, 5.41) is 0.437. The average Bonchev–Trinajstić information content (AvgIpc) is 2.47. The second-order valence-electron chi connectivity index (χ2n) is 4.86. The SMILES string of the molecule is CC(C)(C)[Si]C1C=Cc2ccccc21. The summed E-state index contributed by atoms with van der Waals surface area (Å²) in [5.41, 5.74) is 3.58. The maximum absolute atomic E-state index is 2.36. The van der Waals surface area contributed by atoms with E-state index in [1.807, 2.05) is 0 Å². The number of rotatable bonds is 1. The lowest BCUT2D eigenvalue weighted by molar-refractivity contribution is 0.743. The minimum atomic E-state index is 0.437. The molecule has 0 aliphatic heterocycles. The van der Waals surface area contributed by atoms with Crippen molar-refractivity contribution in [3.63, 3.8) is 0 Å². The van der Waals surface area contributed by atoms with Crippen molar-refractivity contribution in [2.45, 2.75) is 31.4 Å². The zero-order valence-electron chi connectivity index (χ0n) is 9.04. The monoisotopic (exact) mass is 200 g/mol. The molecule has 0 bridgehead atoms. The van der Waals surface area contributed by atoms with E-state index in [0.717, 1.165) is 9.52 Å². The van der Waals surface area contributed by atoms with Gasteiger partial charge in [-0.05, 0) is 21.7 Å². The lowest BCUT2D eigenvalue weighted by atomic mass is 10.1. The third-order valence-corrected chi connectivity index (χ3v) is 4.07. The summed E-state index contributed by atoms with van der Waals surface area (Å²) in [7, 11) is 0.975. The van der Waals surface area contributed by atoms with Crippen LogP contribution in [0.3, 0.4) is 0 Å². The fourth-order valence-electron chi connectivity index (χ4n) is 1.84. The molecule has 0 fully saturated rings. The Balaban J connectivity index is 2.23. The summed E-state index contributed by atoms with van der Waals surface area (Å²) in [6.45, 7) is 6.96. The molecule has 14 heavy (non-hydrogen) atoms. The van der Waals surface area contributed by atoms with E-state index in [-0.39, 0.29) is 0 Å². The van der Waals surface area contributed by atoms with Crippen molar-refractivity contribution in [3.8, 4) is 0 Å². The first-order valence-corrected chi connectivity index (χ1v) is 6.19. The van der Waals surface area contributed by atoms with Gasteiger partial charge in [0.2, 0.25) is 0 Å². The predicted molar refractivity (Wildman–Crippen MR) is 63.7 cm³/mol. The van der Waals surface area contributed by atoms with Gasteiger partial charge >= 0.3 is 0 Å². The van der Waals surface area contributed by atoms with E-state index in [4.69, 9.17) is 0 Å². The number of benzene rings is 1. The number of fused-ring (bicyclic) bond motifs is 1. The van der Waals surface area contributed by atoms with Crippen LogP contribution < -0.4 is 0 Å². The van der Waals surface area contributed by atoms with Gasteiger partial charge in [-0.15, -0.1) is 0 Å². The van der Waals surface area contributed by atoms with E-state index in [1.165, 1.54) is 11.1 Å². The van der Waals surface area contributed by atoms with Crippen molar-refractivity contribution >= 4 is 15.6 Å². The van der Waals surface area contributed by atoms with Gasteiger partial charge in [0.15, 0.2) is 0 Å². The normalized spacial score (nSPS) is 19.8. The Morgan fingerprint density at radius 1 is 1.14 bits per heavy atom. The van der Waals surface area contributed by atoms with E-state index in [1.54, 1.807) is 0 Å². The zero-order valence-corrected chi connectivity index (χ0v) is 10.0. The van der Waals surface area contributed by atoms with Crippen LogP contribution in [0.5, 0.6) is 0 Å². The van der Waals surface area contributed by atoms with Crippen LogP contribution in [-0.4, -0.2) is 9.52 Å². The molecule has 0 saturated carbocycles. The molecule has 0 amide bonds. The topological polar surface area (TPSA) is 0 Å². The van der Waals surface area contributed by atoms with Gasteiger partial charge in [-0.3, -0.25) is 0 Å². The molecule has 0 N–H and O–H groups in total. The smallest absolute Gasteiger partial charge is 0.0592 e. The molecule has 0 heterocycles. The van der Waals surface area contributed by atoms with Crippen LogP contribution in [0, 0.1) is 0 Å². The van der Waals surface area contributed by atoms with Crippen molar-refractivity contribution in [2.24, 2.45) is 0 Å². The van der Waals surface area contributed by atoms with Gasteiger partial charge in [0.1, 0.15) is 0 Å². The maximum Gasteiger partial charge on any atom is 0.0592 e. The maximum atomic E-state index is 2.36. The van der Waals surface area contributed by atoms with E-state index in [9.17, 15) is 0 Å². The summed E-state index contributed by atoms with van der Waals surface area (Å²) in [6, 6.07) is 8.73. The predicted octanol–water partition coefficient (Wildman–Crippen LogP) is 3.68. The van der Waals surface area contributed by atoms with E-state index in [0.29, 0.717) is 10.6 Å². The summed E-state index contributed by atoms with van der Waals surface area (Å²) >= 11 is 0. The molecule has 0 saturated heterocycles. The molecular formula is C13H16Si. The molecule has 2 rings (SSSR count). The minimum absolute atomic E-state index is 0.437. The van der Waals surface area contributed by atoms with E-state index < -0.39 is 0 Å². The molecular weight excluding hydrogens is 184 g/mol. The third-order valence-electron chi connectivity index (χ3n) is 2.39. The Morgan fingerprint density at radius 2 is 1.86 bits per heavy atom. The van der Waals surface area contributed by atoms with Gasteiger partial charge in [0, 0.05) is 0 Å². The highest BCUT2D eigenvalue weighted by atomic mass is 28.2. The first-order chi connectivity index (χ1) is 6.56. The van der Waals surface area contributed by atoms with Crippen molar-refractivity contribution in [2.75, 3.05) is 0 Å². The molecule has 2 radical (unpaired) electrons. The third kappa shape index (κ3) is 1.98. The molecule has 0 aromatic heterocycles. The summed E-state index contributed by atoms with van der Waals surface area (Å²) in [4.78, 5) is 0. The number of allylic oxidation sites excluding steroid dienone is 1. The van der Waals surface area contributed by atoms with Crippen molar-refractivity contribution < 1.29 is 0 Å². The van der Waals surface area contributed by atoms with E-state index >= 15 is 0 Å². The Hall–Kier alpha value is -0.823. The fourth-order valence-corrected chi connectivity index (χ4v) is 3.39. The Labute approximate surface area is 88.9 Å². The molecule has 1 atom stereocenters. The van der Waals surface area contributed by atoms with Crippen molar-refractivity contribution in [1.29, 1.82) is 0 Å². The zero-order chi connectivity index (χ0) is 10.2. The van der Waals surface area contributed by atoms with Gasteiger partial charge in [-0.25, -0.2) is 0 Å². The largest absolute Gasteiger partial charge is 0.0796 e.